The van der Waals surface area contributed by atoms with Crippen LogP contribution in [-0.4, -0.2) is 28.1 Å². The van der Waals surface area contributed by atoms with Gasteiger partial charge in [0.15, 0.2) is 0 Å². The average Bonchev–Trinajstić information content (AvgIpc) is 3.14. The molecule has 122 valence electrons. The third-order valence-corrected chi connectivity index (χ3v) is 8.60. The van der Waals surface area contributed by atoms with Gasteiger partial charge >= 0.3 is 0 Å². The Bertz CT molecular complexity index is 630. The van der Waals surface area contributed by atoms with Crippen LogP contribution in [0.1, 0.15) is 13.3 Å². The van der Waals surface area contributed by atoms with Crippen LogP contribution in [0.3, 0.4) is 0 Å². The van der Waals surface area contributed by atoms with Crippen molar-refractivity contribution in [3.8, 4) is 5.75 Å². The van der Waals surface area contributed by atoms with Crippen molar-refractivity contribution in [3.05, 3.63) is 24.3 Å². The van der Waals surface area contributed by atoms with Crippen molar-refractivity contribution in [1.82, 2.24) is 0 Å². The van der Waals surface area contributed by atoms with Gasteiger partial charge in [-0.2, -0.15) is 0 Å². The highest BCUT2D eigenvalue weighted by atomic mass is 79.9. The Balaban J connectivity index is 1.64. The van der Waals surface area contributed by atoms with Crippen LogP contribution in [0.25, 0.3) is 0 Å². The zero-order valence-electron chi connectivity index (χ0n) is 12.6. The number of fused-ring (bicyclic) bond motifs is 5. The lowest BCUT2D eigenvalue weighted by Crippen LogP contribution is -2.37. The molecule has 2 bridgehead atoms. The van der Waals surface area contributed by atoms with Crippen LogP contribution >= 0.6 is 31.9 Å². The summed E-state index contributed by atoms with van der Waals surface area (Å²) in [6, 6.07) is 7.20. The first kappa shape index (κ1) is 15.6. The molecule has 0 N–H and O–H groups in total. The van der Waals surface area contributed by atoms with Crippen molar-refractivity contribution < 1.29 is 14.3 Å². The highest BCUT2D eigenvalue weighted by Crippen LogP contribution is 2.60. The number of hydrogen-bond acceptors (Lipinski definition) is 3. The van der Waals surface area contributed by atoms with Gasteiger partial charge in [-0.25, -0.2) is 0 Å². The van der Waals surface area contributed by atoms with Crippen molar-refractivity contribution in [2.45, 2.75) is 23.0 Å². The standard InChI is InChI=1S/C17H17Br2NO3/c1-2-23-9-5-3-8(4-6-9)20-16(21)12-10-7-11(13(12)17(20)22)15(19)14(10)18/h3-6,10-15H,2,7H2,1H3/t10-,11-,12-,13-,14+,15+/m1/s1. The number of alkyl halides is 2. The fourth-order valence-corrected chi connectivity index (χ4v) is 6.33. The molecule has 1 heterocycles. The van der Waals surface area contributed by atoms with Crippen LogP contribution in [0, 0.1) is 23.7 Å². The summed E-state index contributed by atoms with van der Waals surface area (Å²) in [6.45, 7) is 2.51. The second-order valence-electron chi connectivity index (χ2n) is 6.44. The molecule has 1 aromatic rings. The van der Waals surface area contributed by atoms with Crippen molar-refractivity contribution >= 4 is 49.4 Å². The number of halogens is 2. The molecule has 1 aliphatic heterocycles. The summed E-state index contributed by atoms with van der Waals surface area (Å²) in [7, 11) is 0. The molecular weight excluding hydrogens is 426 g/mol. The van der Waals surface area contributed by atoms with Gasteiger partial charge < -0.3 is 4.74 Å². The minimum atomic E-state index is -0.169. The molecule has 4 rings (SSSR count). The summed E-state index contributed by atoms with van der Waals surface area (Å²) in [5, 5.41) is 0. The van der Waals surface area contributed by atoms with Gasteiger partial charge in [0.1, 0.15) is 5.75 Å². The van der Waals surface area contributed by atoms with Gasteiger partial charge in [0.2, 0.25) is 11.8 Å². The maximum absolute atomic E-state index is 12.9. The van der Waals surface area contributed by atoms with Gasteiger partial charge in [0, 0.05) is 9.65 Å². The van der Waals surface area contributed by atoms with E-state index in [-0.39, 0.29) is 45.1 Å². The van der Waals surface area contributed by atoms with Crippen molar-refractivity contribution in [2.24, 2.45) is 23.7 Å². The molecule has 3 fully saturated rings. The SMILES string of the molecule is CCOc1ccc(N2C(=O)[C@@H]3[C@H]4C[C@@H]([C@H](Br)[C@H]4Br)[C@H]3C2=O)cc1. The molecule has 23 heavy (non-hydrogen) atoms. The Morgan fingerprint density at radius 3 is 2.04 bits per heavy atom. The lowest BCUT2D eigenvalue weighted by molar-refractivity contribution is -0.123. The molecule has 3 aliphatic rings. The molecular formula is C17H17Br2NO3. The van der Waals surface area contributed by atoms with E-state index in [1.165, 1.54) is 4.90 Å². The van der Waals surface area contributed by atoms with Gasteiger partial charge in [0.05, 0.1) is 24.1 Å². The van der Waals surface area contributed by atoms with E-state index in [2.05, 4.69) is 31.9 Å². The van der Waals surface area contributed by atoms with Gasteiger partial charge in [-0.05, 0) is 49.4 Å². The quantitative estimate of drug-likeness (QED) is 0.532. The smallest absolute Gasteiger partial charge is 0.238 e. The highest BCUT2D eigenvalue weighted by molar-refractivity contribution is 9.12. The lowest BCUT2D eigenvalue weighted by atomic mass is 9.81. The summed E-state index contributed by atoms with van der Waals surface area (Å²) in [5.74, 6) is 0.823. The van der Waals surface area contributed by atoms with Crippen molar-refractivity contribution in [3.63, 3.8) is 0 Å². The van der Waals surface area contributed by atoms with Crippen LogP contribution in [0.4, 0.5) is 5.69 Å². The van der Waals surface area contributed by atoms with E-state index in [0.717, 1.165) is 12.2 Å². The molecule has 0 aromatic heterocycles. The molecule has 6 atom stereocenters. The Labute approximate surface area is 151 Å². The molecule has 0 spiro atoms. The Morgan fingerprint density at radius 2 is 1.57 bits per heavy atom. The molecule has 2 saturated carbocycles. The number of nitrogens with zero attached hydrogens (tertiary/aromatic N) is 1. The zero-order valence-corrected chi connectivity index (χ0v) is 15.8. The van der Waals surface area contributed by atoms with Crippen LogP contribution < -0.4 is 9.64 Å². The van der Waals surface area contributed by atoms with Crippen LogP contribution in [0.5, 0.6) is 5.75 Å². The van der Waals surface area contributed by atoms with Gasteiger partial charge in [-0.3, -0.25) is 14.5 Å². The minimum Gasteiger partial charge on any atom is -0.494 e. The Kier molecular flexibility index (Phi) is 3.80. The average molecular weight is 443 g/mol. The predicted octanol–water partition coefficient (Wildman–Crippen LogP) is 3.37. The van der Waals surface area contributed by atoms with E-state index in [1.807, 2.05) is 19.1 Å². The fourth-order valence-electron chi connectivity index (χ4n) is 4.46. The monoisotopic (exact) mass is 441 g/mol. The summed E-state index contributed by atoms with van der Waals surface area (Å²) in [4.78, 5) is 27.7. The normalized spacial score (nSPS) is 38.3. The molecule has 2 amide bonds. The molecule has 2 aliphatic carbocycles. The summed E-state index contributed by atoms with van der Waals surface area (Å²) < 4.78 is 5.42. The van der Waals surface area contributed by atoms with E-state index in [0.29, 0.717) is 12.3 Å². The Hall–Kier alpha value is -0.880. The summed E-state index contributed by atoms with van der Waals surface area (Å²) in [6.07, 6.45) is 0.954. The third-order valence-electron chi connectivity index (χ3n) is 5.39. The predicted molar refractivity (Wildman–Crippen MR) is 94.1 cm³/mol. The first-order valence-electron chi connectivity index (χ1n) is 7.93. The van der Waals surface area contributed by atoms with Gasteiger partial charge in [-0.15, -0.1) is 0 Å². The van der Waals surface area contributed by atoms with E-state index in [4.69, 9.17) is 4.74 Å². The minimum absolute atomic E-state index is 0.0412. The van der Waals surface area contributed by atoms with Crippen LogP contribution in [0.15, 0.2) is 24.3 Å². The largest absolute Gasteiger partial charge is 0.494 e. The van der Waals surface area contributed by atoms with E-state index < -0.39 is 0 Å². The van der Waals surface area contributed by atoms with Crippen LogP contribution in [-0.2, 0) is 9.59 Å². The second kappa shape index (κ2) is 5.59. The molecule has 1 aromatic carbocycles. The highest BCUT2D eigenvalue weighted by Gasteiger charge is 2.66. The van der Waals surface area contributed by atoms with Crippen molar-refractivity contribution in [1.29, 1.82) is 0 Å². The molecule has 0 unspecified atom stereocenters. The maximum Gasteiger partial charge on any atom is 0.238 e. The number of amides is 2. The van der Waals surface area contributed by atoms with E-state index >= 15 is 0 Å². The third kappa shape index (κ3) is 2.14. The number of carbonyl (C=O) groups excluding carboxylic acids is 2. The number of benzene rings is 1. The maximum atomic E-state index is 12.9. The summed E-state index contributed by atoms with van der Waals surface area (Å²) in [5.41, 5.74) is 0.648. The first-order chi connectivity index (χ1) is 11.0. The van der Waals surface area contributed by atoms with Gasteiger partial charge in [0.25, 0.3) is 0 Å². The number of anilines is 1. The first-order valence-corrected chi connectivity index (χ1v) is 9.76. The Morgan fingerprint density at radius 1 is 1.04 bits per heavy atom. The van der Waals surface area contributed by atoms with Crippen molar-refractivity contribution in [2.75, 3.05) is 11.5 Å². The van der Waals surface area contributed by atoms with Crippen LogP contribution in [0.2, 0.25) is 0 Å². The molecule has 0 radical (unpaired) electrons. The number of carbonyl (C=O) groups is 2. The fraction of sp³-hybridized carbons (Fsp3) is 0.529. The number of ether oxygens (including phenoxy) is 1. The second-order valence-corrected chi connectivity index (χ2v) is 8.56. The number of rotatable bonds is 3. The zero-order chi connectivity index (χ0) is 16.3. The summed E-state index contributed by atoms with van der Waals surface area (Å²) >= 11 is 7.40. The lowest BCUT2D eigenvalue weighted by Gasteiger charge is -2.28. The molecule has 1 saturated heterocycles. The van der Waals surface area contributed by atoms with E-state index in [9.17, 15) is 9.59 Å². The number of imide groups is 1. The number of hydrogen-bond donors (Lipinski definition) is 0. The molecule has 4 nitrogen and oxygen atoms in total. The topological polar surface area (TPSA) is 46.6 Å². The molecule has 6 heteroatoms. The van der Waals surface area contributed by atoms with Gasteiger partial charge in [-0.1, -0.05) is 31.9 Å². The van der Waals surface area contributed by atoms with E-state index in [1.54, 1.807) is 12.1 Å².